The van der Waals surface area contributed by atoms with Gasteiger partial charge < -0.3 is 9.84 Å². The molecule has 0 heterocycles. The summed E-state index contributed by atoms with van der Waals surface area (Å²) in [6, 6.07) is 16.0. The molecule has 0 fully saturated rings. The molecule has 0 amide bonds. The fourth-order valence-corrected chi connectivity index (χ4v) is 1.80. The number of carbonyl (C=O) groups is 1. The van der Waals surface area contributed by atoms with Crippen LogP contribution in [0.5, 0.6) is 5.75 Å². The highest BCUT2D eigenvalue weighted by Gasteiger charge is 2.09. The van der Waals surface area contributed by atoms with Crippen molar-refractivity contribution in [2.24, 2.45) is 10.3 Å². The second kappa shape index (κ2) is 7.78. The third kappa shape index (κ3) is 4.90. The van der Waals surface area contributed by atoms with Gasteiger partial charge in [-0.1, -0.05) is 41.6 Å². The van der Waals surface area contributed by atoms with Crippen LogP contribution in [0.3, 0.4) is 0 Å². The molecule has 0 aliphatic carbocycles. The minimum absolute atomic E-state index is 0.00624. The van der Waals surface area contributed by atoms with Gasteiger partial charge in [-0.15, -0.1) is 5.11 Å². The molecule has 1 N–H and O–H groups in total. The molecule has 0 saturated carbocycles. The third-order valence-corrected chi connectivity index (χ3v) is 2.86. The number of benzene rings is 2. The van der Waals surface area contributed by atoms with E-state index in [-0.39, 0.29) is 12.3 Å². The maximum absolute atomic E-state index is 11.5. The molecule has 0 aromatic heterocycles. The number of rotatable bonds is 6. The minimum Gasteiger partial charge on any atom is -0.508 e. The van der Waals surface area contributed by atoms with E-state index in [1.807, 2.05) is 30.3 Å². The van der Waals surface area contributed by atoms with Crippen LogP contribution in [-0.4, -0.2) is 29.7 Å². The zero-order chi connectivity index (χ0) is 15.8. The summed E-state index contributed by atoms with van der Waals surface area (Å²) in [6.07, 6.45) is 0. The van der Waals surface area contributed by atoms with Crippen LogP contribution < -0.4 is 0 Å². The number of phenols is 1. The van der Waals surface area contributed by atoms with E-state index in [0.717, 1.165) is 5.56 Å². The highest BCUT2D eigenvalue weighted by Crippen LogP contribution is 2.19. The van der Waals surface area contributed by atoms with Crippen molar-refractivity contribution in [2.75, 3.05) is 13.7 Å². The van der Waals surface area contributed by atoms with Gasteiger partial charge in [0.2, 0.25) is 0 Å². The second-order valence-electron chi connectivity index (χ2n) is 4.59. The highest BCUT2D eigenvalue weighted by atomic mass is 16.5. The Labute approximate surface area is 128 Å². The van der Waals surface area contributed by atoms with Crippen LogP contribution in [0.4, 0.5) is 5.69 Å². The van der Waals surface area contributed by atoms with Crippen LogP contribution in [0.25, 0.3) is 0 Å². The summed E-state index contributed by atoms with van der Waals surface area (Å²) in [7, 11) is 1.33. The molecular weight excluding hydrogens is 282 g/mol. The molecule has 6 nitrogen and oxygen atoms in total. The van der Waals surface area contributed by atoms with Crippen LogP contribution >= 0.6 is 0 Å². The lowest BCUT2D eigenvalue weighted by Gasteiger charge is -2.16. The van der Waals surface area contributed by atoms with Gasteiger partial charge in [0, 0.05) is 6.07 Å². The molecule has 0 saturated heterocycles. The largest absolute Gasteiger partial charge is 0.508 e. The van der Waals surface area contributed by atoms with Crippen molar-refractivity contribution in [3.63, 3.8) is 0 Å². The van der Waals surface area contributed by atoms with Crippen molar-refractivity contribution in [1.82, 2.24) is 5.01 Å². The Morgan fingerprint density at radius 3 is 2.64 bits per heavy atom. The highest BCUT2D eigenvalue weighted by molar-refractivity contribution is 5.71. The zero-order valence-corrected chi connectivity index (χ0v) is 12.2. The standard InChI is InChI=1S/C16H17N3O3/c1-22-16(21)12-19(11-13-6-3-2-4-7-13)18-17-14-8-5-9-15(20)10-14/h2-10,20H,11-12H2,1H3. The Morgan fingerprint density at radius 1 is 1.18 bits per heavy atom. The van der Waals surface area contributed by atoms with Gasteiger partial charge in [-0.05, 0) is 17.7 Å². The van der Waals surface area contributed by atoms with Crippen molar-refractivity contribution in [2.45, 2.75) is 6.54 Å². The van der Waals surface area contributed by atoms with Crippen molar-refractivity contribution in [3.8, 4) is 5.75 Å². The number of aromatic hydroxyl groups is 1. The van der Waals surface area contributed by atoms with Crippen LogP contribution in [-0.2, 0) is 16.1 Å². The normalized spacial score (nSPS) is 10.6. The monoisotopic (exact) mass is 299 g/mol. The van der Waals surface area contributed by atoms with Gasteiger partial charge in [0.15, 0.2) is 0 Å². The first-order valence-corrected chi connectivity index (χ1v) is 6.74. The molecule has 0 unspecified atom stereocenters. The second-order valence-corrected chi connectivity index (χ2v) is 4.59. The average molecular weight is 299 g/mol. The lowest BCUT2D eigenvalue weighted by Crippen LogP contribution is -2.25. The van der Waals surface area contributed by atoms with Gasteiger partial charge in [0.25, 0.3) is 0 Å². The number of hydrogen-bond donors (Lipinski definition) is 1. The smallest absolute Gasteiger partial charge is 0.327 e. The van der Waals surface area contributed by atoms with E-state index in [2.05, 4.69) is 15.1 Å². The summed E-state index contributed by atoms with van der Waals surface area (Å²) in [5.41, 5.74) is 1.50. The molecule has 0 atom stereocenters. The zero-order valence-electron chi connectivity index (χ0n) is 12.2. The number of carbonyl (C=O) groups excluding carboxylic acids is 1. The number of nitrogens with zero attached hydrogens (tertiary/aromatic N) is 3. The van der Waals surface area contributed by atoms with Crippen molar-refractivity contribution in [3.05, 3.63) is 60.2 Å². The summed E-state index contributed by atoms with van der Waals surface area (Å²) in [4.78, 5) is 11.5. The number of methoxy groups -OCH3 is 1. The lowest BCUT2D eigenvalue weighted by atomic mass is 10.2. The number of esters is 1. The Hall–Kier alpha value is -2.89. The van der Waals surface area contributed by atoms with Crippen LogP contribution in [0.1, 0.15) is 5.56 Å². The summed E-state index contributed by atoms with van der Waals surface area (Å²) in [5, 5.41) is 19.0. The fraction of sp³-hybridized carbons (Fsp3) is 0.188. The van der Waals surface area contributed by atoms with E-state index in [9.17, 15) is 9.90 Å². The first-order valence-electron chi connectivity index (χ1n) is 6.74. The number of ether oxygens (including phenoxy) is 1. The molecule has 0 aliphatic rings. The Balaban J connectivity index is 2.11. The summed E-state index contributed by atoms with van der Waals surface area (Å²) in [6.45, 7) is 0.423. The third-order valence-electron chi connectivity index (χ3n) is 2.86. The van der Waals surface area contributed by atoms with E-state index >= 15 is 0 Å². The maximum atomic E-state index is 11.5. The van der Waals surface area contributed by atoms with Crippen LogP contribution in [0.2, 0.25) is 0 Å². The fourth-order valence-electron chi connectivity index (χ4n) is 1.80. The number of hydrogen-bond acceptors (Lipinski definition) is 5. The van der Waals surface area contributed by atoms with Crippen LogP contribution in [0.15, 0.2) is 64.9 Å². The van der Waals surface area contributed by atoms with E-state index in [1.54, 1.807) is 18.2 Å². The van der Waals surface area contributed by atoms with Crippen LogP contribution in [0, 0.1) is 0 Å². The maximum Gasteiger partial charge on any atom is 0.327 e. The van der Waals surface area contributed by atoms with Gasteiger partial charge in [0.05, 0.1) is 19.3 Å². The van der Waals surface area contributed by atoms with Crippen molar-refractivity contribution in [1.29, 1.82) is 0 Å². The molecule has 2 rings (SSSR count). The van der Waals surface area contributed by atoms with Gasteiger partial charge in [0.1, 0.15) is 12.3 Å². The molecule has 114 valence electrons. The van der Waals surface area contributed by atoms with Crippen molar-refractivity contribution >= 4 is 11.7 Å². The molecule has 0 spiro atoms. The average Bonchev–Trinajstić information content (AvgIpc) is 2.53. The Kier molecular flexibility index (Phi) is 5.48. The first-order chi connectivity index (χ1) is 10.7. The predicted molar refractivity (Wildman–Crippen MR) is 81.5 cm³/mol. The molecule has 0 bridgehead atoms. The minimum atomic E-state index is -0.397. The topological polar surface area (TPSA) is 74.5 Å². The van der Waals surface area contributed by atoms with E-state index < -0.39 is 5.97 Å². The first kappa shape index (κ1) is 15.5. The summed E-state index contributed by atoms with van der Waals surface area (Å²) in [5.74, 6) is -0.287. The van der Waals surface area contributed by atoms with Gasteiger partial charge in [-0.25, -0.2) is 0 Å². The quantitative estimate of drug-likeness (QED) is 0.505. The molecular formula is C16H17N3O3. The van der Waals surface area contributed by atoms with Crippen molar-refractivity contribution < 1.29 is 14.6 Å². The van der Waals surface area contributed by atoms with Gasteiger partial charge in [-0.2, -0.15) is 0 Å². The molecule has 22 heavy (non-hydrogen) atoms. The summed E-state index contributed by atoms with van der Waals surface area (Å²) < 4.78 is 4.67. The molecule has 2 aromatic carbocycles. The summed E-state index contributed by atoms with van der Waals surface area (Å²) >= 11 is 0. The number of phenolic OH excluding ortho intramolecular Hbond substituents is 1. The Morgan fingerprint density at radius 2 is 1.95 bits per heavy atom. The van der Waals surface area contributed by atoms with Gasteiger partial charge in [-0.3, -0.25) is 9.80 Å². The van der Waals surface area contributed by atoms with E-state index in [1.165, 1.54) is 18.2 Å². The SMILES string of the molecule is COC(=O)CN(Cc1ccccc1)N=Nc1cccc(O)c1. The predicted octanol–water partition coefficient (Wildman–Crippen LogP) is 3.07. The Bertz CT molecular complexity index is 644. The van der Waals surface area contributed by atoms with E-state index in [4.69, 9.17) is 0 Å². The van der Waals surface area contributed by atoms with E-state index in [0.29, 0.717) is 12.2 Å². The molecule has 2 aromatic rings. The molecule has 6 heteroatoms. The van der Waals surface area contributed by atoms with Gasteiger partial charge >= 0.3 is 5.97 Å². The lowest BCUT2D eigenvalue weighted by molar-refractivity contribution is -0.142. The molecule has 0 radical (unpaired) electrons. The molecule has 0 aliphatic heterocycles.